The molecule has 148 valence electrons. The van der Waals surface area contributed by atoms with Crippen LogP contribution in [0.4, 0.5) is 0 Å². The van der Waals surface area contributed by atoms with Crippen LogP contribution in [0.2, 0.25) is 0 Å². The molecule has 1 saturated heterocycles. The second-order valence-electron chi connectivity index (χ2n) is 7.56. The van der Waals surface area contributed by atoms with Gasteiger partial charge in [-0.1, -0.05) is 0 Å². The standard InChI is InChI=1S/C20H27NO6/c1-24-15-9-12-5-8-21-17(22)11-14-18(23)20(26-3,27-4)7-6-19(14,21)13(12)10-16(15)25-2/h9-10,14,18,23H,5-8,11H2,1-4H3/t14-,18+,19-/m1/s1. The van der Waals surface area contributed by atoms with E-state index < -0.39 is 17.4 Å². The lowest BCUT2D eigenvalue weighted by Gasteiger charge is -2.55. The average Bonchev–Trinajstić information content (AvgIpc) is 3.01. The van der Waals surface area contributed by atoms with E-state index in [4.69, 9.17) is 18.9 Å². The molecule has 0 aromatic heterocycles. The van der Waals surface area contributed by atoms with Gasteiger partial charge in [0, 0.05) is 39.5 Å². The highest BCUT2D eigenvalue weighted by Gasteiger charge is 2.65. The summed E-state index contributed by atoms with van der Waals surface area (Å²) >= 11 is 0. The van der Waals surface area contributed by atoms with Gasteiger partial charge in [-0.3, -0.25) is 4.79 Å². The van der Waals surface area contributed by atoms with Gasteiger partial charge in [0.25, 0.3) is 0 Å². The fourth-order valence-corrected chi connectivity index (χ4v) is 5.50. The molecule has 1 spiro atoms. The molecule has 7 nitrogen and oxygen atoms in total. The summed E-state index contributed by atoms with van der Waals surface area (Å²) in [5, 5.41) is 11.2. The summed E-state index contributed by atoms with van der Waals surface area (Å²) in [5.41, 5.74) is 1.62. The zero-order valence-electron chi connectivity index (χ0n) is 16.3. The summed E-state index contributed by atoms with van der Waals surface area (Å²) in [4.78, 5) is 14.8. The molecule has 0 bridgehead atoms. The maximum absolute atomic E-state index is 12.9. The Kier molecular flexibility index (Phi) is 4.36. The van der Waals surface area contributed by atoms with Crippen LogP contribution in [-0.4, -0.2) is 62.8 Å². The van der Waals surface area contributed by atoms with Gasteiger partial charge >= 0.3 is 0 Å². The number of amides is 1. The number of nitrogens with zero attached hydrogens (tertiary/aromatic N) is 1. The van der Waals surface area contributed by atoms with Crippen molar-refractivity contribution in [2.45, 2.75) is 43.1 Å². The fourth-order valence-electron chi connectivity index (χ4n) is 5.50. The van der Waals surface area contributed by atoms with Crippen molar-refractivity contribution in [2.24, 2.45) is 5.92 Å². The molecule has 27 heavy (non-hydrogen) atoms. The Labute approximate surface area is 159 Å². The zero-order chi connectivity index (χ0) is 19.4. The average molecular weight is 377 g/mol. The van der Waals surface area contributed by atoms with E-state index in [0.717, 1.165) is 17.5 Å². The second kappa shape index (κ2) is 6.36. The summed E-state index contributed by atoms with van der Waals surface area (Å²) in [5.74, 6) is -0.00413. The predicted octanol–water partition coefficient (Wildman–Crippen LogP) is 1.45. The third kappa shape index (κ3) is 2.28. The van der Waals surface area contributed by atoms with E-state index in [1.165, 1.54) is 0 Å². The molecule has 1 saturated carbocycles. The van der Waals surface area contributed by atoms with Crippen LogP contribution in [0.25, 0.3) is 0 Å². The van der Waals surface area contributed by atoms with Gasteiger partial charge in [-0.05, 0) is 36.1 Å². The van der Waals surface area contributed by atoms with Crippen molar-refractivity contribution in [3.63, 3.8) is 0 Å². The van der Waals surface area contributed by atoms with Crippen LogP contribution in [0.1, 0.15) is 30.4 Å². The summed E-state index contributed by atoms with van der Waals surface area (Å²) in [6.07, 6.45) is 1.28. The Bertz CT molecular complexity index is 761. The number of carbonyl (C=O) groups is 1. The molecule has 2 fully saturated rings. The van der Waals surface area contributed by atoms with Gasteiger partial charge < -0.3 is 29.0 Å². The molecule has 2 aliphatic heterocycles. The van der Waals surface area contributed by atoms with Crippen molar-refractivity contribution < 1.29 is 28.8 Å². The summed E-state index contributed by atoms with van der Waals surface area (Å²) in [7, 11) is 6.32. The van der Waals surface area contributed by atoms with Crippen LogP contribution < -0.4 is 9.47 Å². The third-order valence-corrected chi connectivity index (χ3v) is 6.85. The SMILES string of the molecule is COc1cc2c(cc1OC)[C@]13CCC(OC)(OC)[C@@H](O)[C@H]1CC(=O)N3CC2. The van der Waals surface area contributed by atoms with Crippen LogP contribution in [0.15, 0.2) is 12.1 Å². The lowest BCUT2D eigenvalue weighted by atomic mass is 9.63. The molecule has 3 aliphatic rings. The van der Waals surface area contributed by atoms with E-state index in [9.17, 15) is 9.90 Å². The molecule has 2 heterocycles. The number of hydrogen-bond acceptors (Lipinski definition) is 6. The van der Waals surface area contributed by atoms with Gasteiger partial charge in [-0.2, -0.15) is 0 Å². The minimum Gasteiger partial charge on any atom is -0.493 e. The molecule has 0 radical (unpaired) electrons. The smallest absolute Gasteiger partial charge is 0.223 e. The predicted molar refractivity (Wildman–Crippen MR) is 96.7 cm³/mol. The number of aliphatic hydroxyl groups is 1. The van der Waals surface area contributed by atoms with Gasteiger partial charge in [0.2, 0.25) is 5.91 Å². The van der Waals surface area contributed by atoms with E-state index in [1.807, 2.05) is 17.0 Å². The topological polar surface area (TPSA) is 77.5 Å². The van der Waals surface area contributed by atoms with E-state index in [2.05, 4.69) is 0 Å². The monoisotopic (exact) mass is 377 g/mol. The van der Waals surface area contributed by atoms with Crippen molar-refractivity contribution in [1.29, 1.82) is 0 Å². The molecule has 1 aliphatic carbocycles. The minimum atomic E-state index is -1.08. The van der Waals surface area contributed by atoms with E-state index in [1.54, 1.807) is 28.4 Å². The Balaban J connectivity index is 1.89. The molecule has 4 rings (SSSR count). The van der Waals surface area contributed by atoms with Gasteiger partial charge in [-0.15, -0.1) is 0 Å². The molecule has 1 aromatic rings. The van der Waals surface area contributed by atoms with Crippen molar-refractivity contribution in [3.05, 3.63) is 23.3 Å². The largest absolute Gasteiger partial charge is 0.493 e. The summed E-state index contributed by atoms with van der Waals surface area (Å²) in [6, 6.07) is 3.98. The Hall–Kier alpha value is -1.83. The molecule has 0 unspecified atom stereocenters. The van der Waals surface area contributed by atoms with E-state index >= 15 is 0 Å². The van der Waals surface area contributed by atoms with Crippen LogP contribution >= 0.6 is 0 Å². The molecule has 1 N–H and O–H groups in total. The van der Waals surface area contributed by atoms with Gasteiger partial charge in [0.15, 0.2) is 17.3 Å². The quantitative estimate of drug-likeness (QED) is 0.801. The molecular formula is C20H27NO6. The number of carbonyl (C=O) groups excluding carboxylic acids is 1. The molecule has 1 amide bonds. The van der Waals surface area contributed by atoms with Crippen molar-refractivity contribution >= 4 is 5.91 Å². The van der Waals surface area contributed by atoms with Crippen LogP contribution in [0.3, 0.4) is 0 Å². The van der Waals surface area contributed by atoms with Crippen LogP contribution in [-0.2, 0) is 26.2 Å². The third-order valence-electron chi connectivity index (χ3n) is 6.85. The van der Waals surface area contributed by atoms with Crippen molar-refractivity contribution in [3.8, 4) is 11.5 Å². The first-order valence-electron chi connectivity index (χ1n) is 9.31. The Morgan fingerprint density at radius 2 is 1.74 bits per heavy atom. The number of fused-ring (bicyclic) bond motifs is 1. The molecule has 3 atom stereocenters. The highest BCUT2D eigenvalue weighted by molar-refractivity contribution is 5.82. The zero-order valence-corrected chi connectivity index (χ0v) is 16.3. The number of aliphatic hydroxyl groups excluding tert-OH is 1. The first kappa shape index (κ1) is 18.5. The summed E-state index contributed by atoms with van der Waals surface area (Å²) < 4.78 is 22.2. The summed E-state index contributed by atoms with van der Waals surface area (Å²) in [6.45, 7) is 0.636. The van der Waals surface area contributed by atoms with Crippen LogP contribution in [0, 0.1) is 5.92 Å². The van der Waals surface area contributed by atoms with Crippen molar-refractivity contribution in [2.75, 3.05) is 35.0 Å². The lowest BCUT2D eigenvalue weighted by molar-refractivity contribution is -0.297. The normalized spacial score (nSPS) is 31.1. The Morgan fingerprint density at radius 1 is 1.07 bits per heavy atom. The minimum absolute atomic E-state index is 0.0718. The van der Waals surface area contributed by atoms with Gasteiger partial charge in [0.05, 0.1) is 19.8 Å². The maximum atomic E-state index is 12.9. The number of hydrogen-bond donors (Lipinski definition) is 1. The highest BCUT2D eigenvalue weighted by Crippen LogP contribution is 2.58. The number of rotatable bonds is 4. The molecule has 1 aromatic carbocycles. The Morgan fingerprint density at radius 3 is 2.37 bits per heavy atom. The molecule has 7 heteroatoms. The van der Waals surface area contributed by atoms with Gasteiger partial charge in [0.1, 0.15) is 6.10 Å². The van der Waals surface area contributed by atoms with Crippen molar-refractivity contribution in [1.82, 2.24) is 4.90 Å². The maximum Gasteiger partial charge on any atom is 0.223 e. The second-order valence-corrected chi connectivity index (χ2v) is 7.56. The van der Waals surface area contributed by atoms with Crippen LogP contribution in [0.5, 0.6) is 11.5 Å². The number of benzene rings is 1. The highest BCUT2D eigenvalue weighted by atomic mass is 16.7. The molecular weight excluding hydrogens is 350 g/mol. The number of ether oxygens (including phenoxy) is 4. The fraction of sp³-hybridized carbons (Fsp3) is 0.650. The number of methoxy groups -OCH3 is 4. The van der Waals surface area contributed by atoms with E-state index in [0.29, 0.717) is 30.9 Å². The first-order valence-corrected chi connectivity index (χ1v) is 9.31. The van der Waals surface area contributed by atoms with E-state index in [-0.39, 0.29) is 18.2 Å². The first-order chi connectivity index (χ1) is 13.0. The van der Waals surface area contributed by atoms with Gasteiger partial charge in [-0.25, -0.2) is 0 Å². The lowest BCUT2D eigenvalue weighted by Crippen LogP contribution is -2.63.